The minimum atomic E-state index is -0.478. The second-order valence-electron chi connectivity index (χ2n) is 6.27. The van der Waals surface area contributed by atoms with E-state index in [9.17, 15) is 9.59 Å². The number of ether oxygens (including phenoxy) is 1. The molecule has 25 heavy (non-hydrogen) atoms. The van der Waals surface area contributed by atoms with Crippen molar-refractivity contribution in [3.05, 3.63) is 70.8 Å². The Kier molecular flexibility index (Phi) is 6.75. The maximum atomic E-state index is 12.2. The van der Waals surface area contributed by atoms with Gasteiger partial charge >= 0.3 is 5.97 Å². The molecule has 132 valence electrons. The Morgan fingerprint density at radius 2 is 1.68 bits per heavy atom. The molecule has 2 aromatic carbocycles. The van der Waals surface area contributed by atoms with Crippen molar-refractivity contribution in [2.45, 2.75) is 39.7 Å². The molecule has 0 aromatic heterocycles. The monoisotopic (exact) mass is 339 g/mol. The van der Waals surface area contributed by atoms with Crippen LogP contribution in [0.2, 0.25) is 0 Å². The average molecular weight is 339 g/mol. The van der Waals surface area contributed by atoms with Gasteiger partial charge in [-0.3, -0.25) is 4.79 Å². The Morgan fingerprint density at radius 3 is 2.28 bits per heavy atom. The second kappa shape index (κ2) is 9.02. The van der Waals surface area contributed by atoms with Crippen molar-refractivity contribution < 1.29 is 14.3 Å². The molecule has 1 N–H and O–H groups in total. The molecule has 0 aliphatic rings. The van der Waals surface area contributed by atoms with Crippen LogP contribution in [0.4, 0.5) is 0 Å². The van der Waals surface area contributed by atoms with Gasteiger partial charge in [-0.25, -0.2) is 4.79 Å². The van der Waals surface area contributed by atoms with Gasteiger partial charge in [-0.05, 0) is 38.0 Å². The summed E-state index contributed by atoms with van der Waals surface area (Å²) in [5.41, 5.74) is 3.50. The van der Waals surface area contributed by atoms with Crippen molar-refractivity contribution >= 4 is 11.9 Å². The summed E-state index contributed by atoms with van der Waals surface area (Å²) in [6, 6.07) is 15.3. The van der Waals surface area contributed by atoms with Crippen LogP contribution in [-0.4, -0.2) is 18.5 Å². The Labute approximate surface area is 149 Å². The van der Waals surface area contributed by atoms with Crippen LogP contribution in [0.1, 0.15) is 52.9 Å². The highest BCUT2D eigenvalue weighted by Gasteiger charge is 2.16. The lowest BCUT2D eigenvalue weighted by Gasteiger charge is -2.18. The molecule has 2 aromatic rings. The Bertz CT molecular complexity index is 705. The summed E-state index contributed by atoms with van der Waals surface area (Å²) in [6.07, 6.45) is 1.78. The van der Waals surface area contributed by atoms with Crippen LogP contribution in [0, 0.1) is 13.8 Å². The van der Waals surface area contributed by atoms with Gasteiger partial charge in [0.15, 0.2) is 6.61 Å². The van der Waals surface area contributed by atoms with Gasteiger partial charge in [0.1, 0.15) is 0 Å². The van der Waals surface area contributed by atoms with Gasteiger partial charge in [0.05, 0.1) is 11.6 Å². The largest absolute Gasteiger partial charge is 0.452 e. The molecule has 0 saturated heterocycles. The molecule has 4 nitrogen and oxygen atoms in total. The summed E-state index contributed by atoms with van der Waals surface area (Å²) >= 11 is 0. The van der Waals surface area contributed by atoms with Crippen molar-refractivity contribution in [3.63, 3.8) is 0 Å². The van der Waals surface area contributed by atoms with Gasteiger partial charge in [-0.1, -0.05) is 60.9 Å². The molecule has 0 fully saturated rings. The van der Waals surface area contributed by atoms with Crippen molar-refractivity contribution in [1.29, 1.82) is 0 Å². The topological polar surface area (TPSA) is 55.4 Å². The van der Waals surface area contributed by atoms with Crippen LogP contribution in [0.3, 0.4) is 0 Å². The van der Waals surface area contributed by atoms with E-state index in [-0.39, 0.29) is 18.6 Å². The molecule has 4 heteroatoms. The fourth-order valence-electron chi connectivity index (χ4n) is 2.84. The number of nitrogens with one attached hydrogen (secondary N) is 1. The fraction of sp³-hybridized carbons (Fsp3) is 0.333. The molecule has 1 atom stereocenters. The zero-order chi connectivity index (χ0) is 18.2. The number of rotatable bonds is 7. The highest BCUT2D eigenvalue weighted by atomic mass is 16.5. The van der Waals surface area contributed by atoms with E-state index in [0.29, 0.717) is 5.56 Å². The first-order valence-electron chi connectivity index (χ1n) is 8.59. The van der Waals surface area contributed by atoms with E-state index >= 15 is 0 Å². The molecule has 0 aliphatic carbocycles. The van der Waals surface area contributed by atoms with Crippen LogP contribution >= 0.6 is 0 Å². The number of carbonyl (C=O) groups is 2. The van der Waals surface area contributed by atoms with Gasteiger partial charge in [0.25, 0.3) is 5.91 Å². The highest BCUT2D eigenvalue weighted by molar-refractivity contribution is 5.91. The first-order chi connectivity index (χ1) is 12.0. The maximum absolute atomic E-state index is 12.2. The first-order valence-corrected chi connectivity index (χ1v) is 8.59. The average Bonchev–Trinajstić information content (AvgIpc) is 2.59. The normalized spacial score (nSPS) is 11.6. The molecule has 0 bridgehead atoms. The van der Waals surface area contributed by atoms with Gasteiger partial charge in [0.2, 0.25) is 0 Å². The van der Waals surface area contributed by atoms with Crippen molar-refractivity contribution in [2.24, 2.45) is 0 Å². The lowest BCUT2D eigenvalue weighted by molar-refractivity contribution is -0.125. The third kappa shape index (κ3) is 5.75. The third-order valence-corrected chi connectivity index (χ3v) is 3.91. The number of esters is 1. The number of benzene rings is 2. The molecule has 0 saturated carbocycles. The van der Waals surface area contributed by atoms with Crippen LogP contribution in [0.5, 0.6) is 0 Å². The van der Waals surface area contributed by atoms with E-state index in [2.05, 4.69) is 12.2 Å². The highest BCUT2D eigenvalue weighted by Crippen LogP contribution is 2.18. The summed E-state index contributed by atoms with van der Waals surface area (Å²) < 4.78 is 5.16. The standard InChI is InChI=1S/C21H25NO3/c1-4-8-19(17-9-6-5-7-10-17)22-20(23)14-25-21(24)18-12-15(2)11-16(3)13-18/h5-7,9-13,19H,4,8,14H2,1-3H3,(H,22,23)/t19-/m0/s1. The fourth-order valence-corrected chi connectivity index (χ4v) is 2.84. The Hall–Kier alpha value is -2.62. The number of hydrogen-bond donors (Lipinski definition) is 1. The van der Waals surface area contributed by atoms with E-state index in [1.165, 1.54) is 0 Å². The molecule has 1 amide bonds. The van der Waals surface area contributed by atoms with E-state index in [4.69, 9.17) is 4.74 Å². The predicted molar refractivity (Wildman–Crippen MR) is 98.4 cm³/mol. The molecular weight excluding hydrogens is 314 g/mol. The Morgan fingerprint density at radius 1 is 1.04 bits per heavy atom. The molecule has 0 spiro atoms. The Balaban J connectivity index is 1.93. The number of carbonyl (C=O) groups excluding carboxylic acids is 2. The molecule has 2 rings (SSSR count). The lowest BCUT2D eigenvalue weighted by atomic mass is 10.0. The minimum Gasteiger partial charge on any atom is -0.452 e. The van der Waals surface area contributed by atoms with Crippen LogP contribution in [0.25, 0.3) is 0 Å². The van der Waals surface area contributed by atoms with E-state index in [1.807, 2.05) is 50.2 Å². The summed E-state index contributed by atoms with van der Waals surface area (Å²) in [7, 11) is 0. The SMILES string of the molecule is CCC[C@H](NC(=O)COC(=O)c1cc(C)cc(C)c1)c1ccccc1. The van der Waals surface area contributed by atoms with Gasteiger partial charge in [0, 0.05) is 0 Å². The smallest absolute Gasteiger partial charge is 0.338 e. The van der Waals surface area contributed by atoms with Gasteiger partial charge in [-0.15, -0.1) is 0 Å². The van der Waals surface area contributed by atoms with Crippen LogP contribution in [-0.2, 0) is 9.53 Å². The molecule has 0 aliphatic heterocycles. The zero-order valence-electron chi connectivity index (χ0n) is 15.0. The van der Waals surface area contributed by atoms with Gasteiger partial charge < -0.3 is 10.1 Å². The number of hydrogen-bond acceptors (Lipinski definition) is 3. The lowest BCUT2D eigenvalue weighted by Crippen LogP contribution is -2.32. The molecule has 0 radical (unpaired) electrons. The van der Waals surface area contributed by atoms with Crippen molar-refractivity contribution in [1.82, 2.24) is 5.32 Å². The molecule has 0 unspecified atom stereocenters. The van der Waals surface area contributed by atoms with E-state index in [1.54, 1.807) is 12.1 Å². The van der Waals surface area contributed by atoms with Crippen molar-refractivity contribution in [3.8, 4) is 0 Å². The molecular formula is C21H25NO3. The summed E-state index contributed by atoms with van der Waals surface area (Å²) in [5, 5.41) is 2.95. The summed E-state index contributed by atoms with van der Waals surface area (Å²) in [6.45, 7) is 5.64. The number of amides is 1. The van der Waals surface area contributed by atoms with Crippen LogP contribution < -0.4 is 5.32 Å². The minimum absolute atomic E-state index is 0.0707. The van der Waals surface area contributed by atoms with Gasteiger partial charge in [-0.2, -0.15) is 0 Å². The van der Waals surface area contributed by atoms with E-state index < -0.39 is 5.97 Å². The van der Waals surface area contributed by atoms with Crippen molar-refractivity contribution in [2.75, 3.05) is 6.61 Å². The van der Waals surface area contributed by atoms with E-state index in [0.717, 1.165) is 29.5 Å². The first kappa shape index (κ1) is 18.7. The number of aryl methyl sites for hydroxylation is 2. The zero-order valence-corrected chi connectivity index (χ0v) is 15.0. The third-order valence-electron chi connectivity index (χ3n) is 3.91. The second-order valence-corrected chi connectivity index (χ2v) is 6.27. The maximum Gasteiger partial charge on any atom is 0.338 e. The summed E-state index contributed by atoms with van der Waals surface area (Å²) in [4.78, 5) is 24.3. The molecule has 0 heterocycles. The van der Waals surface area contributed by atoms with Crippen LogP contribution in [0.15, 0.2) is 48.5 Å². The predicted octanol–water partition coefficient (Wildman–Crippen LogP) is 4.12. The summed E-state index contributed by atoms with van der Waals surface area (Å²) in [5.74, 6) is -0.770. The quantitative estimate of drug-likeness (QED) is 0.772.